The van der Waals surface area contributed by atoms with Gasteiger partial charge in [0.15, 0.2) is 5.16 Å². The topological polar surface area (TPSA) is 87.8 Å². The summed E-state index contributed by atoms with van der Waals surface area (Å²) in [6, 6.07) is 12.8. The van der Waals surface area contributed by atoms with E-state index in [4.69, 9.17) is 5.26 Å². The van der Waals surface area contributed by atoms with Crippen molar-refractivity contribution in [2.24, 2.45) is 0 Å². The molecule has 0 spiro atoms. The fraction of sp³-hybridized carbons (Fsp3) is 0.143. The third kappa shape index (κ3) is 3.89. The van der Waals surface area contributed by atoms with Gasteiger partial charge in [-0.25, -0.2) is 4.98 Å². The number of nitriles is 1. The van der Waals surface area contributed by atoms with Gasteiger partial charge in [-0.2, -0.15) is 5.26 Å². The number of thioether (sulfide) groups is 1. The van der Waals surface area contributed by atoms with E-state index in [0.29, 0.717) is 33.2 Å². The van der Waals surface area contributed by atoms with Crippen molar-refractivity contribution < 1.29 is 4.79 Å². The summed E-state index contributed by atoms with van der Waals surface area (Å²) in [7, 11) is 0. The molecule has 9 heteroatoms. The number of anilines is 1. The van der Waals surface area contributed by atoms with Gasteiger partial charge in [0.25, 0.3) is 5.56 Å². The van der Waals surface area contributed by atoms with Crippen molar-refractivity contribution >= 4 is 56.2 Å². The average Bonchev–Trinajstić information content (AvgIpc) is 3.42. The summed E-state index contributed by atoms with van der Waals surface area (Å²) in [6.45, 7) is 2.35. The van der Waals surface area contributed by atoms with Crippen LogP contribution in [0, 0.1) is 11.3 Å². The van der Waals surface area contributed by atoms with Crippen molar-refractivity contribution in [3.63, 3.8) is 0 Å². The average molecular weight is 453 g/mol. The zero-order valence-corrected chi connectivity index (χ0v) is 18.4. The molecule has 4 aromatic rings. The molecule has 0 aliphatic carbocycles. The van der Waals surface area contributed by atoms with E-state index in [1.807, 2.05) is 29.8 Å². The summed E-state index contributed by atoms with van der Waals surface area (Å²) in [4.78, 5) is 31.9. The Balaban J connectivity index is 1.59. The number of hydrogen-bond donors (Lipinski definition) is 1. The van der Waals surface area contributed by atoms with Crippen molar-refractivity contribution in [1.29, 1.82) is 5.26 Å². The minimum atomic E-state index is -0.259. The molecule has 0 saturated heterocycles. The van der Waals surface area contributed by atoms with E-state index in [9.17, 15) is 9.59 Å². The lowest BCUT2D eigenvalue weighted by atomic mass is 10.2. The van der Waals surface area contributed by atoms with Crippen LogP contribution in [-0.2, 0) is 11.3 Å². The standard InChI is InChI=1S/C21H16N4O2S3/c1-2-25-20(27)18-14(16-8-5-9-28-16)11-29-19(18)24-21(25)30-12-17(26)23-15-7-4-3-6-13(15)10-22/h3-9,11H,2,12H2,1H3,(H,23,26). The lowest BCUT2D eigenvalue weighted by molar-refractivity contribution is -0.113. The second-order valence-corrected chi connectivity index (χ2v) is 8.99. The van der Waals surface area contributed by atoms with Gasteiger partial charge in [0.1, 0.15) is 10.9 Å². The number of thiophene rings is 2. The van der Waals surface area contributed by atoms with Crippen LogP contribution in [0.25, 0.3) is 20.7 Å². The molecule has 0 aliphatic heterocycles. The molecule has 0 aliphatic rings. The predicted molar refractivity (Wildman–Crippen MR) is 123 cm³/mol. The van der Waals surface area contributed by atoms with E-state index in [1.54, 1.807) is 40.2 Å². The normalized spacial score (nSPS) is 10.8. The third-order valence-electron chi connectivity index (χ3n) is 4.42. The molecule has 150 valence electrons. The summed E-state index contributed by atoms with van der Waals surface area (Å²) >= 11 is 4.24. The van der Waals surface area contributed by atoms with Crippen LogP contribution in [-0.4, -0.2) is 21.2 Å². The van der Waals surface area contributed by atoms with Gasteiger partial charge in [-0.15, -0.1) is 22.7 Å². The first kappa shape index (κ1) is 20.3. The number of rotatable bonds is 6. The minimum absolute atomic E-state index is 0.0842. The van der Waals surface area contributed by atoms with Crippen molar-refractivity contribution in [3.05, 3.63) is 63.1 Å². The molecule has 0 fully saturated rings. The van der Waals surface area contributed by atoms with Gasteiger partial charge in [0.05, 0.1) is 22.4 Å². The molecule has 30 heavy (non-hydrogen) atoms. The predicted octanol–water partition coefficient (Wildman–Crippen LogP) is 4.81. The van der Waals surface area contributed by atoms with Gasteiger partial charge < -0.3 is 5.32 Å². The number of nitrogens with one attached hydrogen (secondary N) is 1. The number of fused-ring (bicyclic) bond motifs is 1. The van der Waals surface area contributed by atoms with E-state index in [2.05, 4.69) is 16.4 Å². The van der Waals surface area contributed by atoms with Crippen LogP contribution in [0.4, 0.5) is 5.69 Å². The number of nitrogens with zero attached hydrogens (tertiary/aromatic N) is 3. The van der Waals surface area contributed by atoms with Gasteiger partial charge in [0, 0.05) is 22.4 Å². The lowest BCUT2D eigenvalue weighted by Crippen LogP contribution is -2.23. The largest absolute Gasteiger partial charge is 0.324 e. The molecule has 1 aromatic carbocycles. The molecule has 0 atom stereocenters. The SMILES string of the molecule is CCn1c(SCC(=O)Nc2ccccc2C#N)nc2scc(-c3cccs3)c2c1=O. The van der Waals surface area contributed by atoms with Crippen LogP contribution in [0.3, 0.4) is 0 Å². The Morgan fingerprint density at radius 2 is 2.10 bits per heavy atom. The Morgan fingerprint density at radius 1 is 1.27 bits per heavy atom. The minimum Gasteiger partial charge on any atom is -0.324 e. The van der Waals surface area contributed by atoms with Crippen LogP contribution < -0.4 is 10.9 Å². The van der Waals surface area contributed by atoms with E-state index in [0.717, 1.165) is 10.4 Å². The van der Waals surface area contributed by atoms with Gasteiger partial charge in [-0.05, 0) is 30.5 Å². The first-order valence-electron chi connectivity index (χ1n) is 9.10. The molecule has 3 aromatic heterocycles. The zero-order chi connectivity index (χ0) is 21.1. The Kier molecular flexibility index (Phi) is 5.99. The van der Waals surface area contributed by atoms with Crippen LogP contribution >= 0.6 is 34.4 Å². The van der Waals surface area contributed by atoms with E-state index < -0.39 is 0 Å². The van der Waals surface area contributed by atoms with Gasteiger partial charge in [0.2, 0.25) is 5.91 Å². The fourth-order valence-corrected chi connectivity index (χ4v) is 5.68. The summed E-state index contributed by atoms with van der Waals surface area (Å²) in [5.41, 5.74) is 1.69. The molecule has 0 radical (unpaired) electrons. The van der Waals surface area contributed by atoms with E-state index in [1.165, 1.54) is 23.1 Å². The highest BCUT2D eigenvalue weighted by atomic mass is 32.2. The van der Waals surface area contributed by atoms with Crippen molar-refractivity contribution in [2.45, 2.75) is 18.6 Å². The molecule has 1 N–H and O–H groups in total. The summed E-state index contributed by atoms with van der Waals surface area (Å²) in [5, 5.41) is 17.0. The Bertz CT molecular complexity index is 1320. The fourth-order valence-electron chi connectivity index (χ4n) is 3.01. The first-order chi connectivity index (χ1) is 14.6. The molecule has 6 nitrogen and oxygen atoms in total. The zero-order valence-electron chi connectivity index (χ0n) is 15.9. The van der Waals surface area contributed by atoms with Crippen LogP contribution in [0.5, 0.6) is 0 Å². The van der Waals surface area contributed by atoms with Gasteiger partial charge in [-0.3, -0.25) is 14.2 Å². The smallest absolute Gasteiger partial charge is 0.263 e. The molecule has 0 unspecified atom stereocenters. The van der Waals surface area contributed by atoms with Gasteiger partial charge in [-0.1, -0.05) is 30.0 Å². The molecular weight excluding hydrogens is 436 g/mol. The molecular formula is C21H16N4O2S3. The first-order valence-corrected chi connectivity index (χ1v) is 11.8. The van der Waals surface area contributed by atoms with Crippen molar-refractivity contribution in [3.8, 4) is 16.5 Å². The number of amides is 1. The molecule has 3 heterocycles. The highest BCUT2D eigenvalue weighted by Crippen LogP contribution is 2.34. The summed E-state index contributed by atoms with van der Waals surface area (Å²) < 4.78 is 1.60. The number of aromatic nitrogens is 2. The van der Waals surface area contributed by atoms with Crippen LogP contribution in [0.15, 0.2) is 57.1 Å². The molecule has 0 bridgehead atoms. The van der Waals surface area contributed by atoms with E-state index >= 15 is 0 Å². The molecule has 0 saturated carbocycles. The maximum Gasteiger partial charge on any atom is 0.263 e. The number of carbonyl (C=O) groups is 1. The highest BCUT2D eigenvalue weighted by molar-refractivity contribution is 7.99. The number of benzene rings is 1. The van der Waals surface area contributed by atoms with Gasteiger partial charge >= 0.3 is 0 Å². The Morgan fingerprint density at radius 3 is 2.83 bits per heavy atom. The summed E-state index contributed by atoms with van der Waals surface area (Å²) in [5.74, 6) is -0.175. The number of hydrogen-bond acceptors (Lipinski definition) is 7. The Labute approximate surface area is 184 Å². The summed E-state index contributed by atoms with van der Waals surface area (Å²) in [6.07, 6.45) is 0. The van der Waals surface area contributed by atoms with Crippen LogP contribution in [0.2, 0.25) is 0 Å². The van der Waals surface area contributed by atoms with E-state index in [-0.39, 0.29) is 17.2 Å². The Hall–Kier alpha value is -2.93. The third-order valence-corrected chi connectivity index (χ3v) is 7.17. The van der Waals surface area contributed by atoms with Crippen molar-refractivity contribution in [2.75, 3.05) is 11.1 Å². The molecule has 4 rings (SSSR count). The number of carbonyl (C=O) groups excluding carboxylic acids is 1. The lowest BCUT2D eigenvalue weighted by Gasteiger charge is -2.11. The van der Waals surface area contributed by atoms with Crippen LogP contribution in [0.1, 0.15) is 12.5 Å². The quantitative estimate of drug-likeness (QED) is 0.335. The highest BCUT2D eigenvalue weighted by Gasteiger charge is 2.18. The number of para-hydroxylation sites is 1. The maximum atomic E-state index is 13.2. The maximum absolute atomic E-state index is 13.2. The second-order valence-electron chi connectivity index (χ2n) is 6.24. The van der Waals surface area contributed by atoms with Crippen molar-refractivity contribution in [1.82, 2.24) is 9.55 Å². The second kappa shape index (κ2) is 8.83. The molecule has 1 amide bonds. The monoisotopic (exact) mass is 452 g/mol.